The van der Waals surface area contributed by atoms with Gasteiger partial charge in [0.2, 0.25) is 5.91 Å². The summed E-state index contributed by atoms with van der Waals surface area (Å²) in [5, 5.41) is 3.91. The highest BCUT2D eigenvalue weighted by atomic mass is 16.5. The lowest BCUT2D eigenvalue weighted by Gasteiger charge is -2.22. The molecule has 0 aliphatic carbocycles. The number of likely N-dealkylation sites (N-methyl/N-ethyl adjacent to an activating group) is 2. The molecule has 0 N–H and O–H groups in total. The molecule has 96 valence electrons. The Labute approximate surface area is 102 Å². The molecule has 1 aromatic rings. The van der Waals surface area contributed by atoms with Gasteiger partial charge >= 0.3 is 0 Å². The zero-order chi connectivity index (χ0) is 12.8. The highest BCUT2D eigenvalue weighted by molar-refractivity contribution is 5.78. The average Bonchev–Trinajstić information content (AvgIpc) is 2.65. The summed E-state index contributed by atoms with van der Waals surface area (Å²) in [7, 11) is 1.91. The summed E-state index contributed by atoms with van der Waals surface area (Å²) in [5.74, 6) is 0.946. The first-order chi connectivity index (χ1) is 8.06. The van der Waals surface area contributed by atoms with Gasteiger partial charge in [0.25, 0.3) is 0 Å². The van der Waals surface area contributed by atoms with Crippen molar-refractivity contribution in [1.29, 1.82) is 0 Å². The molecule has 0 radical (unpaired) electrons. The molecule has 1 aromatic heterocycles. The summed E-state index contributed by atoms with van der Waals surface area (Å²) in [4.78, 5) is 15.6. The number of carbonyl (C=O) groups excluding carboxylic acids is 1. The van der Waals surface area contributed by atoms with Crippen molar-refractivity contribution in [2.45, 2.75) is 27.3 Å². The van der Waals surface area contributed by atoms with Crippen molar-refractivity contribution >= 4 is 5.91 Å². The highest BCUT2D eigenvalue weighted by Gasteiger charge is 2.13. The maximum Gasteiger partial charge on any atom is 0.236 e. The monoisotopic (exact) mass is 239 g/mol. The van der Waals surface area contributed by atoms with E-state index in [1.54, 1.807) is 0 Å². The molecular formula is C12H21N3O2. The van der Waals surface area contributed by atoms with Crippen molar-refractivity contribution in [2.24, 2.45) is 0 Å². The fraction of sp³-hybridized carbons (Fsp3) is 0.667. The van der Waals surface area contributed by atoms with Crippen molar-refractivity contribution in [2.75, 3.05) is 26.7 Å². The first kappa shape index (κ1) is 13.7. The Balaban J connectivity index is 2.44. The van der Waals surface area contributed by atoms with Crippen molar-refractivity contribution in [3.8, 4) is 0 Å². The van der Waals surface area contributed by atoms with Crippen molar-refractivity contribution in [1.82, 2.24) is 15.0 Å². The smallest absolute Gasteiger partial charge is 0.236 e. The summed E-state index contributed by atoms with van der Waals surface area (Å²) in [6, 6.07) is 1.89. The SMILES string of the molecule is CCN(CC)C(=O)CN(C)Cc1cc(C)on1. The molecular weight excluding hydrogens is 218 g/mol. The van der Waals surface area contributed by atoms with Gasteiger partial charge in [-0.1, -0.05) is 5.16 Å². The van der Waals surface area contributed by atoms with Gasteiger partial charge in [-0.25, -0.2) is 0 Å². The van der Waals surface area contributed by atoms with Crippen LogP contribution in [0.4, 0.5) is 0 Å². The minimum atomic E-state index is 0.151. The number of aromatic nitrogens is 1. The lowest BCUT2D eigenvalue weighted by atomic mass is 10.3. The highest BCUT2D eigenvalue weighted by Crippen LogP contribution is 2.04. The summed E-state index contributed by atoms with van der Waals surface area (Å²) < 4.78 is 4.99. The molecule has 17 heavy (non-hydrogen) atoms. The van der Waals surface area contributed by atoms with E-state index >= 15 is 0 Å². The van der Waals surface area contributed by atoms with E-state index < -0.39 is 0 Å². The van der Waals surface area contributed by atoms with Crippen LogP contribution < -0.4 is 0 Å². The normalized spacial score (nSPS) is 10.9. The van der Waals surface area contributed by atoms with E-state index in [9.17, 15) is 4.79 Å². The molecule has 0 atom stereocenters. The Kier molecular flexibility index (Phi) is 5.15. The molecule has 1 rings (SSSR count). The molecule has 5 heteroatoms. The number of hydrogen-bond acceptors (Lipinski definition) is 4. The van der Waals surface area contributed by atoms with E-state index in [1.165, 1.54) is 0 Å². The second kappa shape index (κ2) is 6.39. The molecule has 0 bridgehead atoms. The second-order valence-corrected chi connectivity index (χ2v) is 4.17. The number of amides is 1. The average molecular weight is 239 g/mol. The zero-order valence-electron chi connectivity index (χ0n) is 11.1. The first-order valence-corrected chi connectivity index (χ1v) is 5.95. The van der Waals surface area contributed by atoms with Gasteiger partial charge < -0.3 is 9.42 Å². The lowest BCUT2D eigenvalue weighted by molar-refractivity contribution is -0.131. The van der Waals surface area contributed by atoms with Gasteiger partial charge in [0.15, 0.2) is 0 Å². The quantitative estimate of drug-likeness (QED) is 0.750. The van der Waals surface area contributed by atoms with Crippen LogP contribution in [0.5, 0.6) is 0 Å². The van der Waals surface area contributed by atoms with Crippen LogP contribution in [0.1, 0.15) is 25.3 Å². The predicted molar refractivity (Wildman–Crippen MR) is 65.5 cm³/mol. The molecule has 0 aliphatic rings. The van der Waals surface area contributed by atoms with E-state index in [0.29, 0.717) is 13.1 Å². The number of nitrogens with zero attached hydrogens (tertiary/aromatic N) is 3. The Morgan fingerprint density at radius 3 is 2.53 bits per heavy atom. The summed E-state index contributed by atoms with van der Waals surface area (Å²) >= 11 is 0. The number of hydrogen-bond donors (Lipinski definition) is 0. The van der Waals surface area contributed by atoms with E-state index in [1.807, 2.05) is 43.7 Å². The lowest BCUT2D eigenvalue weighted by Crippen LogP contribution is -2.38. The molecule has 0 fully saturated rings. The maximum absolute atomic E-state index is 11.9. The molecule has 0 aromatic carbocycles. The van der Waals surface area contributed by atoms with Gasteiger partial charge in [0.05, 0.1) is 12.2 Å². The van der Waals surface area contributed by atoms with Crippen molar-refractivity contribution in [3.63, 3.8) is 0 Å². The van der Waals surface area contributed by atoms with E-state index in [-0.39, 0.29) is 5.91 Å². The van der Waals surface area contributed by atoms with E-state index in [0.717, 1.165) is 24.5 Å². The Hall–Kier alpha value is -1.36. The van der Waals surface area contributed by atoms with Crippen LogP contribution in [0.25, 0.3) is 0 Å². The second-order valence-electron chi connectivity index (χ2n) is 4.17. The van der Waals surface area contributed by atoms with Crippen LogP contribution in [0.3, 0.4) is 0 Å². The maximum atomic E-state index is 11.9. The Bertz CT molecular complexity index is 358. The molecule has 5 nitrogen and oxygen atoms in total. The minimum absolute atomic E-state index is 0.151. The fourth-order valence-electron chi connectivity index (χ4n) is 1.73. The predicted octanol–water partition coefficient (Wildman–Crippen LogP) is 1.28. The van der Waals surface area contributed by atoms with Gasteiger partial charge in [-0.15, -0.1) is 0 Å². The molecule has 0 aliphatic heterocycles. The van der Waals surface area contributed by atoms with Gasteiger partial charge in [-0.05, 0) is 27.8 Å². The van der Waals surface area contributed by atoms with Crippen LogP contribution in [0.2, 0.25) is 0 Å². The van der Waals surface area contributed by atoms with Crippen LogP contribution >= 0.6 is 0 Å². The van der Waals surface area contributed by atoms with Crippen LogP contribution in [-0.4, -0.2) is 47.5 Å². The number of rotatable bonds is 6. The third kappa shape index (κ3) is 4.19. The first-order valence-electron chi connectivity index (χ1n) is 5.95. The molecule has 1 amide bonds. The summed E-state index contributed by atoms with van der Waals surface area (Å²) in [6.07, 6.45) is 0. The van der Waals surface area contributed by atoms with Gasteiger partial charge in [-0.2, -0.15) is 0 Å². The number of aryl methyl sites for hydroxylation is 1. The van der Waals surface area contributed by atoms with E-state index in [2.05, 4.69) is 5.16 Å². The van der Waals surface area contributed by atoms with E-state index in [4.69, 9.17) is 4.52 Å². The van der Waals surface area contributed by atoms with Crippen molar-refractivity contribution < 1.29 is 9.32 Å². The zero-order valence-corrected chi connectivity index (χ0v) is 11.1. The van der Waals surface area contributed by atoms with Gasteiger partial charge in [0, 0.05) is 25.7 Å². The standard InChI is InChI=1S/C12H21N3O2/c1-5-15(6-2)12(16)9-14(4)8-11-7-10(3)17-13-11/h7H,5-6,8-9H2,1-4H3. The largest absolute Gasteiger partial charge is 0.361 e. The molecule has 0 spiro atoms. The summed E-state index contributed by atoms with van der Waals surface area (Å²) in [5.41, 5.74) is 0.859. The Morgan fingerprint density at radius 2 is 2.06 bits per heavy atom. The minimum Gasteiger partial charge on any atom is -0.361 e. The third-order valence-corrected chi connectivity index (χ3v) is 2.63. The van der Waals surface area contributed by atoms with Crippen molar-refractivity contribution in [3.05, 3.63) is 17.5 Å². The fourth-order valence-corrected chi connectivity index (χ4v) is 1.73. The topological polar surface area (TPSA) is 49.6 Å². The Morgan fingerprint density at radius 1 is 1.41 bits per heavy atom. The number of carbonyl (C=O) groups is 1. The van der Waals surface area contributed by atoms with Gasteiger partial charge in [-0.3, -0.25) is 9.69 Å². The molecule has 0 unspecified atom stereocenters. The molecule has 0 saturated carbocycles. The van der Waals surface area contributed by atoms with Crippen LogP contribution in [0.15, 0.2) is 10.6 Å². The van der Waals surface area contributed by atoms with Gasteiger partial charge in [0.1, 0.15) is 5.76 Å². The summed E-state index contributed by atoms with van der Waals surface area (Å²) in [6.45, 7) is 8.39. The van der Waals surface area contributed by atoms with Crippen LogP contribution in [-0.2, 0) is 11.3 Å². The molecule has 1 heterocycles. The molecule has 0 saturated heterocycles. The third-order valence-electron chi connectivity index (χ3n) is 2.63. The van der Waals surface area contributed by atoms with Crippen LogP contribution in [0, 0.1) is 6.92 Å².